The van der Waals surface area contributed by atoms with Crippen LogP contribution < -0.4 is 5.32 Å². The van der Waals surface area contributed by atoms with Gasteiger partial charge in [0, 0.05) is 17.8 Å². The fraction of sp³-hybridized carbons (Fsp3) is 0.467. The summed E-state index contributed by atoms with van der Waals surface area (Å²) in [5.74, 6) is -0.224. The van der Waals surface area contributed by atoms with E-state index in [1.165, 1.54) is 6.92 Å². The third-order valence-electron chi connectivity index (χ3n) is 2.62. The maximum absolute atomic E-state index is 11.9. The minimum absolute atomic E-state index is 0.0414. The molecular weight excluding hydrogens is 256 g/mol. The molecule has 0 aliphatic rings. The normalized spacial score (nSPS) is 11.5. The Labute approximate surface area is 119 Å². The number of hydrogen-bond donors (Lipinski definition) is 2. The van der Waals surface area contributed by atoms with E-state index in [1.54, 1.807) is 50.1 Å². The van der Waals surface area contributed by atoms with Crippen molar-refractivity contribution in [2.24, 2.45) is 0 Å². The Morgan fingerprint density at radius 1 is 1.35 bits per heavy atom. The SMILES string of the molecule is CC(=O)c1cccc(NC(=O)CN(C)CC(C)(C)O)c1. The highest BCUT2D eigenvalue weighted by molar-refractivity contribution is 5.97. The number of nitrogens with zero attached hydrogens (tertiary/aromatic N) is 1. The van der Waals surface area contributed by atoms with Gasteiger partial charge in [-0.2, -0.15) is 0 Å². The number of Topliss-reactive ketones (excluding diaryl/α,β-unsaturated/α-hetero) is 1. The van der Waals surface area contributed by atoms with E-state index >= 15 is 0 Å². The minimum atomic E-state index is -0.844. The number of carbonyl (C=O) groups excluding carboxylic acids is 2. The van der Waals surface area contributed by atoms with Crippen LogP contribution in [0.4, 0.5) is 5.69 Å². The number of ketones is 1. The zero-order valence-electron chi connectivity index (χ0n) is 12.4. The highest BCUT2D eigenvalue weighted by Gasteiger charge is 2.17. The molecule has 0 heterocycles. The number of rotatable bonds is 6. The van der Waals surface area contributed by atoms with Crippen molar-refractivity contribution in [3.05, 3.63) is 29.8 Å². The van der Waals surface area contributed by atoms with Gasteiger partial charge in [0.05, 0.1) is 12.1 Å². The van der Waals surface area contributed by atoms with Crippen molar-refractivity contribution in [3.8, 4) is 0 Å². The molecule has 2 N–H and O–H groups in total. The lowest BCUT2D eigenvalue weighted by molar-refractivity contribution is -0.117. The molecule has 0 aliphatic carbocycles. The molecule has 0 saturated heterocycles. The number of amides is 1. The molecule has 0 atom stereocenters. The zero-order valence-corrected chi connectivity index (χ0v) is 12.4. The summed E-state index contributed by atoms with van der Waals surface area (Å²) in [4.78, 5) is 24.9. The molecule has 0 unspecified atom stereocenters. The fourth-order valence-electron chi connectivity index (χ4n) is 1.98. The van der Waals surface area contributed by atoms with Crippen LogP contribution in [0.5, 0.6) is 0 Å². The second-order valence-electron chi connectivity index (χ2n) is 5.67. The predicted molar refractivity (Wildman–Crippen MR) is 78.9 cm³/mol. The number of anilines is 1. The summed E-state index contributed by atoms with van der Waals surface area (Å²) >= 11 is 0. The molecule has 1 aromatic rings. The summed E-state index contributed by atoms with van der Waals surface area (Å²) in [6.45, 7) is 5.44. The quantitative estimate of drug-likeness (QED) is 0.774. The van der Waals surface area contributed by atoms with Gasteiger partial charge in [-0.3, -0.25) is 14.5 Å². The first-order valence-electron chi connectivity index (χ1n) is 6.49. The van der Waals surface area contributed by atoms with E-state index in [0.29, 0.717) is 17.8 Å². The third-order valence-corrected chi connectivity index (χ3v) is 2.62. The lowest BCUT2D eigenvalue weighted by Crippen LogP contribution is -2.40. The average Bonchev–Trinajstić information content (AvgIpc) is 2.25. The van der Waals surface area contributed by atoms with Crippen LogP contribution in [0.1, 0.15) is 31.1 Å². The van der Waals surface area contributed by atoms with Crippen molar-refractivity contribution in [1.82, 2.24) is 4.90 Å². The molecule has 0 fully saturated rings. The zero-order chi connectivity index (χ0) is 15.3. The largest absolute Gasteiger partial charge is 0.389 e. The topological polar surface area (TPSA) is 69.6 Å². The number of hydrogen-bond acceptors (Lipinski definition) is 4. The molecule has 0 aromatic heterocycles. The van der Waals surface area contributed by atoms with Gasteiger partial charge in [0.25, 0.3) is 0 Å². The molecule has 0 aliphatic heterocycles. The summed E-state index contributed by atoms with van der Waals surface area (Å²) in [7, 11) is 1.77. The summed E-state index contributed by atoms with van der Waals surface area (Å²) in [5.41, 5.74) is 0.316. The molecule has 0 saturated carbocycles. The van der Waals surface area contributed by atoms with Gasteiger partial charge in [-0.15, -0.1) is 0 Å². The van der Waals surface area contributed by atoms with Crippen LogP contribution in [0.3, 0.4) is 0 Å². The van der Waals surface area contributed by atoms with Gasteiger partial charge in [0.1, 0.15) is 0 Å². The first-order chi connectivity index (χ1) is 9.17. The Morgan fingerprint density at radius 3 is 2.55 bits per heavy atom. The summed E-state index contributed by atoms with van der Waals surface area (Å²) in [5, 5.41) is 12.4. The first kappa shape index (κ1) is 16.3. The molecule has 1 rings (SSSR count). The van der Waals surface area contributed by atoms with E-state index in [1.807, 2.05) is 0 Å². The van der Waals surface area contributed by atoms with Gasteiger partial charge in [-0.25, -0.2) is 0 Å². The Morgan fingerprint density at radius 2 is 2.00 bits per heavy atom. The van der Waals surface area contributed by atoms with Crippen LogP contribution in [-0.2, 0) is 4.79 Å². The molecule has 1 aromatic carbocycles. The van der Waals surface area contributed by atoms with Crippen LogP contribution in [0.25, 0.3) is 0 Å². The highest BCUT2D eigenvalue weighted by atomic mass is 16.3. The fourth-order valence-corrected chi connectivity index (χ4v) is 1.98. The summed E-state index contributed by atoms with van der Waals surface area (Å²) in [6.07, 6.45) is 0. The van der Waals surface area contributed by atoms with Gasteiger partial charge >= 0.3 is 0 Å². The molecular formula is C15H22N2O3. The van der Waals surface area contributed by atoms with Crippen molar-refractivity contribution in [1.29, 1.82) is 0 Å². The van der Waals surface area contributed by atoms with Crippen LogP contribution in [0, 0.1) is 0 Å². The minimum Gasteiger partial charge on any atom is -0.389 e. The number of carbonyl (C=O) groups is 2. The Hall–Kier alpha value is -1.72. The molecule has 0 radical (unpaired) electrons. The van der Waals surface area contributed by atoms with E-state index in [0.717, 1.165) is 0 Å². The van der Waals surface area contributed by atoms with Gasteiger partial charge < -0.3 is 10.4 Å². The Kier molecular flexibility index (Phi) is 5.42. The molecule has 0 bridgehead atoms. The molecule has 5 nitrogen and oxygen atoms in total. The van der Waals surface area contributed by atoms with Crippen molar-refractivity contribution in [2.45, 2.75) is 26.4 Å². The van der Waals surface area contributed by atoms with E-state index in [4.69, 9.17) is 0 Å². The molecule has 0 spiro atoms. The third kappa shape index (κ3) is 5.95. The van der Waals surface area contributed by atoms with Crippen molar-refractivity contribution in [3.63, 3.8) is 0 Å². The predicted octanol–water partition coefficient (Wildman–Crippen LogP) is 1.53. The lowest BCUT2D eigenvalue weighted by atomic mass is 10.1. The molecule has 20 heavy (non-hydrogen) atoms. The number of benzene rings is 1. The second kappa shape index (κ2) is 6.63. The van der Waals surface area contributed by atoms with Gasteiger partial charge in [-0.05, 0) is 40.0 Å². The van der Waals surface area contributed by atoms with Crippen LogP contribution in [-0.4, -0.2) is 47.4 Å². The van der Waals surface area contributed by atoms with Crippen molar-refractivity contribution in [2.75, 3.05) is 25.5 Å². The van der Waals surface area contributed by atoms with Crippen LogP contribution in [0.15, 0.2) is 24.3 Å². The second-order valence-corrected chi connectivity index (χ2v) is 5.67. The standard InChI is InChI=1S/C15H22N2O3/c1-11(18)12-6-5-7-13(8-12)16-14(19)9-17(4)10-15(2,3)20/h5-8,20H,9-10H2,1-4H3,(H,16,19). The van der Waals surface area contributed by atoms with Gasteiger partial charge in [-0.1, -0.05) is 12.1 Å². The van der Waals surface area contributed by atoms with Crippen molar-refractivity contribution < 1.29 is 14.7 Å². The van der Waals surface area contributed by atoms with Gasteiger partial charge in [0.15, 0.2) is 5.78 Å². The maximum atomic E-state index is 11.9. The molecule has 110 valence electrons. The lowest BCUT2D eigenvalue weighted by Gasteiger charge is -2.24. The smallest absolute Gasteiger partial charge is 0.238 e. The first-order valence-corrected chi connectivity index (χ1v) is 6.49. The number of likely N-dealkylation sites (N-methyl/N-ethyl adjacent to an activating group) is 1. The Bertz CT molecular complexity index is 492. The van der Waals surface area contributed by atoms with Crippen molar-refractivity contribution >= 4 is 17.4 Å². The molecule has 5 heteroatoms. The highest BCUT2D eigenvalue weighted by Crippen LogP contribution is 2.11. The monoisotopic (exact) mass is 278 g/mol. The van der Waals surface area contributed by atoms with E-state index in [9.17, 15) is 14.7 Å². The number of aliphatic hydroxyl groups is 1. The van der Waals surface area contributed by atoms with E-state index in [2.05, 4.69) is 5.32 Å². The number of nitrogens with one attached hydrogen (secondary N) is 1. The van der Waals surface area contributed by atoms with Crippen LogP contribution >= 0.6 is 0 Å². The molecule has 1 amide bonds. The maximum Gasteiger partial charge on any atom is 0.238 e. The van der Waals surface area contributed by atoms with Gasteiger partial charge in [0.2, 0.25) is 5.91 Å². The summed E-state index contributed by atoms with van der Waals surface area (Å²) in [6, 6.07) is 6.82. The van der Waals surface area contributed by atoms with E-state index in [-0.39, 0.29) is 18.2 Å². The average molecular weight is 278 g/mol. The van der Waals surface area contributed by atoms with Crippen LogP contribution in [0.2, 0.25) is 0 Å². The Balaban J connectivity index is 2.58. The summed E-state index contributed by atoms with van der Waals surface area (Å²) < 4.78 is 0. The van der Waals surface area contributed by atoms with E-state index < -0.39 is 5.60 Å².